The van der Waals surface area contributed by atoms with Crippen LogP contribution in [0.25, 0.3) is 0 Å². The van der Waals surface area contributed by atoms with Gasteiger partial charge < -0.3 is 10.1 Å². The molecular weight excluding hydrogens is 270 g/mol. The molecule has 0 bridgehead atoms. The maximum Gasteiger partial charge on any atom is 0.307 e. The number of halogens is 1. The van der Waals surface area contributed by atoms with E-state index in [0.29, 0.717) is 6.42 Å². The molecule has 1 atom stereocenters. The van der Waals surface area contributed by atoms with Crippen molar-refractivity contribution < 1.29 is 9.53 Å². The van der Waals surface area contributed by atoms with E-state index >= 15 is 0 Å². The highest BCUT2D eigenvalue weighted by Crippen LogP contribution is 2.22. The summed E-state index contributed by atoms with van der Waals surface area (Å²) in [5.74, 6) is -0.157. The highest BCUT2D eigenvalue weighted by Gasteiger charge is 2.20. The largest absolute Gasteiger partial charge is 0.469 e. The number of nitrogens with one attached hydrogen (secondary N) is 1. The number of fused-ring (bicyclic) bond motifs is 1. The van der Waals surface area contributed by atoms with Crippen molar-refractivity contribution in [2.75, 3.05) is 7.11 Å². The van der Waals surface area contributed by atoms with Gasteiger partial charge >= 0.3 is 5.97 Å². The Hall–Kier alpha value is -0.870. The third-order valence-corrected chi connectivity index (χ3v) is 3.35. The van der Waals surface area contributed by atoms with E-state index in [1.807, 2.05) is 6.07 Å². The molecule has 1 aliphatic rings. The van der Waals surface area contributed by atoms with Gasteiger partial charge in [0.05, 0.1) is 13.5 Å². The van der Waals surface area contributed by atoms with Crippen LogP contribution in [-0.2, 0) is 22.5 Å². The van der Waals surface area contributed by atoms with E-state index in [1.54, 1.807) is 0 Å². The van der Waals surface area contributed by atoms with Crippen LogP contribution in [0.5, 0.6) is 0 Å². The van der Waals surface area contributed by atoms with Gasteiger partial charge in [0.1, 0.15) is 0 Å². The van der Waals surface area contributed by atoms with Crippen molar-refractivity contribution in [1.82, 2.24) is 5.32 Å². The highest BCUT2D eigenvalue weighted by atomic mass is 79.9. The number of benzene rings is 1. The van der Waals surface area contributed by atoms with Crippen molar-refractivity contribution in [3.05, 3.63) is 33.8 Å². The van der Waals surface area contributed by atoms with Gasteiger partial charge in [-0.2, -0.15) is 0 Å². The Morgan fingerprint density at radius 3 is 3.12 bits per heavy atom. The van der Waals surface area contributed by atoms with Gasteiger partial charge in [-0.05, 0) is 29.7 Å². The summed E-state index contributed by atoms with van der Waals surface area (Å²) in [5, 5.41) is 3.34. The Balaban J connectivity index is 2.08. The van der Waals surface area contributed by atoms with Crippen molar-refractivity contribution in [1.29, 1.82) is 0 Å². The first-order valence-electron chi connectivity index (χ1n) is 5.26. The average molecular weight is 284 g/mol. The van der Waals surface area contributed by atoms with Gasteiger partial charge in [-0.3, -0.25) is 4.79 Å². The zero-order valence-electron chi connectivity index (χ0n) is 9.13. The van der Waals surface area contributed by atoms with E-state index < -0.39 is 0 Å². The number of ether oxygens (including phenoxy) is 1. The molecule has 2 rings (SSSR count). The van der Waals surface area contributed by atoms with Crippen molar-refractivity contribution in [3.8, 4) is 0 Å². The molecule has 0 saturated heterocycles. The lowest BCUT2D eigenvalue weighted by Gasteiger charge is -2.25. The van der Waals surface area contributed by atoms with Crippen LogP contribution in [0.1, 0.15) is 17.5 Å². The Bertz CT molecular complexity index is 406. The molecule has 1 aliphatic heterocycles. The fraction of sp³-hybridized carbons (Fsp3) is 0.417. The average Bonchev–Trinajstić information content (AvgIpc) is 2.28. The van der Waals surface area contributed by atoms with E-state index in [-0.39, 0.29) is 12.0 Å². The smallest absolute Gasteiger partial charge is 0.307 e. The van der Waals surface area contributed by atoms with E-state index in [9.17, 15) is 4.79 Å². The summed E-state index contributed by atoms with van der Waals surface area (Å²) in [4.78, 5) is 11.2. The number of esters is 1. The molecule has 0 spiro atoms. The predicted octanol–water partition coefficient (Wildman–Crippen LogP) is 2.03. The van der Waals surface area contributed by atoms with E-state index in [2.05, 4.69) is 38.1 Å². The second kappa shape index (κ2) is 4.97. The van der Waals surface area contributed by atoms with Gasteiger partial charge in [-0.15, -0.1) is 0 Å². The van der Waals surface area contributed by atoms with Gasteiger partial charge in [0, 0.05) is 17.1 Å². The first kappa shape index (κ1) is 11.6. The van der Waals surface area contributed by atoms with Gasteiger partial charge in [-0.1, -0.05) is 22.0 Å². The lowest BCUT2D eigenvalue weighted by Crippen LogP contribution is -2.37. The second-order valence-corrected chi connectivity index (χ2v) is 4.89. The van der Waals surface area contributed by atoms with Crippen LogP contribution in [-0.4, -0.2) is 19.1 Å². The van der Waals surface area contributed by atoms with Crippen LogP contribution in [0, 0.1) is 0 Å². The number of hydrogen-bond acceptors (Lipinski definition) is 3. The lowest BCUT2D eigenvalue weighted by molar-refractivity contribution is -0.141. The zero-order chi connectivity index (χ0) is 11.5. The monoisotopic (exact) mass is 283 g/mol. The predicted molar refractivity (Wildman–Crippen MR) is 65.1 cm³/mol. The Morgan fingerprint density at radius 2 is 2.38 bits per heavy atom. The topological polar surface area (TPSA) is 38.3 Å². The summed E-state index contributed by atoms with van der Waals surface area (Å²) >= 11 is 3.46. The van der Waals surface area contributed by atoms with Gasteiger partial charge in [0.15, 0.2) is 0 Å². The molecule has 0 saturated carbocycles. The fourth-order valence-electron chi connectivity index (χ4n) is 1.98. The molecule has 3 nitrogen and oxygen atoms in total. The van der Waals surface area contributed by atoms with Crippen molar-refractivity contribution in [2.45, 2.75) is 25.4 Å². The molecule has 0 amide bonds. The van der Waals surface area contributed by atoms with E-state index in [4.69, 9.17) is 0 Å². The maximum atomic E-state index is 11.2. The summed E-state index contributed by atoms with van der Waals surface area (Å²) in [6, 6.07) is 6.47. The molecule has 86 valence electrons. The fourth-order valence-corrected chi connectivity index (χ4v) is 2.39. The molecule has 0 aliphatic carbocycles. The molecule has 4 heteroatoms. The number of carbonyl (C=O) groups excluding carboxylic acids is 1. The standard InChI is InChI=1S/C12H14BrNO2/c1-16-12(15)6-11-5-9-4-10(13)3-2-8(9)7-14-11/h2-4,11,14H,5-7H2,1H3. The quantitative estimate of drug-likeness (QED) is 0.844. The Labute approximate surface area is 103 Å². The SMILES string of the molecule is COC(=O)CC1Cc2cc(Br)ccc2CN1. The number of carbonyl (C=O) groups is 1. The van der Waals surface area contributed by atoms with Crippen LogP contribution in [0.3, 0.4) is 0 Å². The van der Waals surface area contributed by atoms with Crippen molar-refractivity contribution in [3.63, 3.8) is 0 Å². The van der Waals surface area contributed by atoms with Crippen LogP contribution >= 0.6 is 15.9 Å². The number of rotatable bonds is 2. The molecule has 1 aromatic carbocycles. The third kappa shape index (κ3) is 2.62. The molecular formula is C12H14BrNO2. The molecule has 1 unspecified atom stereocenters. The minimum atomic E-state index is -0.157. The van der Waals surface area contributed by atoms with Crippen molar-refractivity contribution >= 4 is 21.9 Å². The van der Waals surface area contributed by atoms with Gasteiger partial charge in [0.25, 0.3) is 0 Å². The molecule has 1 aromatic rings. The summed E-state index contributed by atoms with van der Waals surface area (Å²) in [6.45, 7) is 0.824. The maximum absolute atomic E-state index is 11.2. The van der Waals surface area contributed by atoms with Gasteiger partial charge in [-0.25, -0.2) is 0 Å². The lowest BCUT2D eigenvalue weighted by atomic mass is 9.94. The summed E-state index contributed by atoms with van der Waals surface area (Å²) in [7, 11) is 1.43. The zero-order valence-corrected chi connectivity index (χ0v) is 10.7. The van der Waals surface area contributed by atoms with Crippen LogP contribution in [0.4, 0.5) is 0 Å². The van der Waals surface area contributed by atoms with E-state index in [1.165, 1.54) is 18.2 Å². The Morgan fingerprint density at radius 1 is 1.56 bits per heavy atom. The van der Waals surface area contributed by atoms with Gasteiger partial charge in [0.2, 0.25) is 0 Å². The number of methoxy groups -OCH3 is 1. The molecule has 1 heterocycles. The molecule has 16 heavy (non-hydrogen) atoms. The third-order valence-electron chi connectivity index (χ3n) is 2.86. The van der Waals surface area contributed by atoms with Crippen molar-refractivity contribution in [2.24, 2.45) is 0 Å². The Kier molecular flexibility index (Phi) is 3.61. The minimum absolute atomic E-state index is 0.157. The molecule has 1 N–H and O–H groups in total. The molecule has 0 aromatic heterocycles. The van der Waals surface area contributed by atoms with E-state index in [0.717, 1.165) is 17.4 Å². The summed E-state index contributed by atoms with van der Waals surface area (Å²) < 4.78 is 5.76. The molecule has 0 radical (unpaired) electrons. The van der Waals surface area contributed by atoms with Crippen LogP contribution in [0.2, 0.25) is 0 Å². The normalized spacial score (nSPS) is 19.0. The first-order valence-corrected chi connectivity index (χ1v) is 6.06. The van der Waals surface area contributed by atoms with Crippen LogP contribution < -0.4 is 5.32 Å². The summed E-state index contributed by atoms with van der Waals surface area (Å²) in [5.41, 5.74) is 2.62. The number of hydrogen-bond donors (Lipinski definition) is 1. The first-order chi connectivity index (χ1) is 7.69. The molecule has 0 fully saturated rings. The highest BCUT2D eigenvalue weighted by molar-refractivity contribution is 9.10. The minimum Gasteiger partial charge on any atom is -0.469 e. The van der Waals surface area contributed by atoms with Crippen LogP contribution in [0.15, 0.2) is 22.7 Å². The summed E-state index contributed by atoms with van der Waals surface area (Å²) in [6.07, 6.45) is 1.31. The second-order valence-electron chi connectivity index (χ2n) is 3.98.